The molecule has 1 fully saturated rings. The normalized spacial score (nSPS) is 20.3. The third kappa shape index (κ3) is 4.39. The fourth-order valence-electron chi connectivity index (χ4n) is 4.36. The van der Waals surface area contributed by atoms with Gasteiger partial charge in [0.25, 0.3) is 0 Å². The molecule has 2 aliphatic rings. The van der Waals surface area contributed by atoms with Crippen molar-refractivity contribution in [1.29, 1.82) is 0 Å². The zero-order chi connectivity index (χ0) is 21.3. The van der Waals surface area contributed by atoms with E-state index in [0.717, 1.165) is 30.5 Å². The molecule has 2 aromatic rings. The molecule has 1 atom stereocenters. The summed E-state index contributed by atoms with van der Waals surface area (Å²) in [4.78, 5) is 24.1. The van der Waals surface area contributed by atoms with Gasteiger partial charge in [-0.2, -0.15) is 0 Å². The first kappa shape index (κ1) is 20.9. The largest absolute Gasteiger partial charge is 0.296 e. The summed E-state index contributed by atoms with van der Waals surface area (Å²) in [5, 5.41) is 0. The van der Waals surface area contributed by atoms with Crippen LogP contribution >= 0.6 is 0 Å². The Bertz CT molecular complexity index is 1040. The van der Waals surface area contributed by atoms with Crippen molar-refractivity contribution in [3.63, 3.8) is 0 Å². The minimum Gasteiger partial charge on any atom is -0.296 e. The second kappa shape index (κ2) is 8.43. The first-order chi connectivity index (χ1) is 14.3. The summed E-state index contributed by atoms with van der Waals surface area (Å²) in [6, 6.07) is 10.1. The lowest BCUT2D eigenvalue weighted by atomic mass is 9.97. The molecular weight excluding hydrogens is 400 g/mol. The predicted molar refractivity (Wildman–Crippen MR) is 116 cm³/mol. The highest BCUT2D eigenvalue weighted by atomic mass is 32.2. The average Bonchev–Trinajstić information content (AvgIpc) is 2.73. The molecular formula is C22H28N4O3S. The molecule has 1 amide bonds. The summed E-state index contributed by atoms with van der Waals surface area (Å²) >= 11 is 0. The Kier molecular flexibility index (Phi) is 5.88. The minimum atomic E-state index is -3.24. The van der Waals surface area contributed by atoms with Gasteiger partial charge in [-0.3, -0.25) is 9.69 Å². The molecule has 3 heterocycles. The molecule has 8 heteroatoms. The Labute approximate surface area is 178 Å². The zero-order valence-electron chi connectivity index (χ0n) is 17.5. The summed E-state index contributed by atoms with van der Waals surface area (Å²) in [6.07, 6.45) is 4.77. The van der Waals surface area contributed by atoms with Crippen LogP contribution < -0.4 is 4.90 Å². The molecule has 0 radical (unpaired) electrons. The van der Waals surface area contributed by atoms with Crippen LogP contribution in [0.4, 0.5) is 5.82 Å². The van der Waals surface area contributed by atoms with Crippen LogP contribution in [0.5, 0.6) is 0 Å². The van der Waals surface area contributed by atoms with E-state index in [1.54, 1.807) is 4.90 Å². The molecule has 160 valence electrons. The second-order valence-electron chi connectivity index (χ2n) is 8.21. The van der Waals surface area contributed by atoms with Crippen molar-refractivity contribution in [2.75, 3.05) is 30.8 Å². The van der Waals surface area contributed by atoms with Crippen LogP contribution in [-0.4, -0.2) is 54.5 Å². The molecule has 0 unspecified atom stereocenters. The quantitative estimate of drug-likeness (QED) is 0.730. The number of nitrogens with zero attached hydrogens (tertiary/aromatic N) is 4. The zero-order valence-corrected chi connectivity index (χ0v) is 18.4. The Hall–Kier alpha value is -2.32. The molecule has 4 rings (SSSR count). The lowest BCUT2D eigenvalue weighted by Crippen LogP contribution is -2.40. The monoisotopic (exact) mass is 428 g/mol. The van der Waals surface area contributed by atoms with Crippen molar-refractivity contribution < 1.29 is 13.2 Å². The predicted octanol–water partition coefficient (Wildman–Crippen LogP) is 2.45. The fraction of sp³-hybridized carbons (Fsp3) is 0.500. The van der Waals surface area contributed by atoms with Crippen LogP contribution in [0.2, 0.25) is 0 Å². The topological polar surface area (TPSA) is 83.5 Å². The van der Waals surface area contributed by atoms with E-state index in [2.05, 4.69) is 12.1 Å². The maximum absolute atomic E-state index is 12.7. The van der Waals surface area contributed by atoms with E-state index < -0.39 is 10.0 Å². The van der Waals surface area contributed by atoms with Gasteiger partial charge in [0, 0.05) is 43.2 Å². The van der Waals surface area contributed by atoms with E-state index in [1.807, 2.05) is 25.1 Å². The molecule has 7 nitrogen and oxygen atoms in total. The maximum atomic E-state index is 12.7. The van der Waals surface area contributed by atoms with Crippen LogP contribution in [0.15, 0.2) is 30.3 Å². The van der Waals surface area contributed by atoms with E-state index in [4.69, 9.17) is 9.97 Å². The number of anilines is 1. The highest BCUT2D eigenvalue weighted by Gasteiger charge is 2.32. The highest BCUT2D eigenvalue weighted by Crippen LogP contribution is 2.32. The lowest BCUT2D eigenvalue weighted by Gasteiger charge is -2.33. The van der Waals surface area contributed by atoms with Gasteiger partial charge >= 0.3 is 0 Å². The van der Waals surface area contributed by atoms with E-state index in [9.17, 15) is 13.2 Å². The van der Waals surface area contributed by atoms with E-state index >= 15 is 0 Å². The first-order valence-electron chi connectivity index (χ1n) is 10.5. The molecule has 2 aliphatic heterocycles. The van der Waals surface area contributed by atoms with E-state index in [0.29, 0.717) is 44.1 Å². The molecule has 1 aromatic heterocycles. The number of sulfonamides is 1. The number of rotatable bonds is 5. The lowest BCUT2D eigenvalue weighted by molar-refractivity contribution is -0.118. The van der Waals surface area contributed by atoms with Gasteiger partial charge in [-0.25, -0.2) is 22.7 Å². The molecule has 0 aliphatic carbocycles. The van der Waals surface area contributed by atoms with Gasteiger partial charge in [-0.05, 0) is 38.2 Å². The fourth-order valence-corrected chi connectivity index (χ4v) is 5.27. The third-order valence-corrected chi connectivity index (χ3v) is 7.31. The molecule has 0 spiro atoms. The van der Waals surface area contributed by atoms with Gasteiger partial charge in [0.05, 0.1) is 6.26 Å². The van der Waals surface area contributed by atoms with Crippen molar-refractivity contribution in [2.45, 2.75) is 44.9 Å². The van der Waals surface area contributed by atoms with E-state index in [1.165, 1.54) is 16.1 Å². The SMILES string of the molecule is Cc1nc([C@H]2CCCN(S(C)(=O)=O)C2)nc2c1CCC(=O)N2CCc1ccccc1. The number of benzene rings is 1. The van der Waals surface area contributed by atoms with Gasteiger partial charge in [0.15, 0.2) is 0 Å². The number of hydrogen-bond acceptors (Lipinski definition) is 5. The third-order valence-electron chi connectivity index (χ3n) is 6.04. The Morgan fingerprint density at radius 2 is 1.90 bits per heavy atom. The molecule has 0 N–H and O–H groups in total. The number of carbonyl (C=O) groups excluding carboxylic acids is 1. The average molecular weight is 429 g/mol. The van der Waals surface area contributed by atoms with Gasteiger partial charge in [0.1, 0.15) is 11.6 Å². The van der Waals surface area contributed by atoms with Crippen LogP contribution in [-0.2, 0) is 27.7 Å². The van der Waals surface area contributed by atoms with Crippen molar-refractivity contribution >= 4 is 21.7 Å². The summed E-state index contributed by atoms with van der Waals surface area (Å²) in [6.45, 7) is 3.48. The number of amides is 1. The number of aromatic nitrogens is 2. The summed E-state index contributed by atoms with van der Waals surface area (Å²) in [5.74, 6) is 1.40. The smallest absolute Gasteiger partial charge is 0.228 e. The van der Waals surface area contributed by atoms with E-state index in [-0.39, 0.29) is 11.8 Å². The van der Waals surface area contributed by atoms with Crippen LogP contribution in [0.3, 0.4) is 0 Å². The molecule has 30 heavy (non-hydrogen) atoms. The van der Waals surface area contributed by atoms with Crippen LogP contribution in [0.25, 0.3) is 0 Å². The van der Waals surface area contributed by atoms with Crippen molar-refractivity contribution in [3.8, 4) is 0 Å². The summed E-state index contributed by atoms with van der Waals surface area (Å²) in [5.41, 5.74) is 3.10. The maximum Gasteiger partial charge on any atom is 0.228 e. The molecule has 1 aromatic carbocycles. The Balaban J connectivity index is 1.62. The van der Waals surface area contributed by atoms with Crippen molar-refractivity contribution in [1.82, 2.24) is 14.3 Å². The standard InChI is InChI=1S/C22H28N4O3S/c1-16-19-10-11-20(27)26(14-12-17-7-4-3-5-8-17)22(19)24-21(23-16)18-9-6-13-25(15-18)30(2,28)29/h3-5,7-8,18H,6,9-15H2,1-2H3/t18-/m0/s1. The highest BCUT2D eigenvalue weighted by molar-refractivity contribution is 7.88. The Morgan fingerprint density at radius 1 is 1.13 bits per heavy atom. The number of carbonyl (C=O) groups is 1. The summed E-state index contributed by atoms with van der Waals surface area (Å²) in [7, 11) is -3.24. The number of aryl methyl sites for hydroxylation is 1. The van der Waals surface area contributed by atoms with Gasteiger partial charge in [0.2, 0.25) is 15.9 Å². The van der Waals surface area contributed by atoms with Crippen molar-refractivity contribution in [2.24, 2.45) is 0 Å². The molecule has 0 bridgehead atoms. The summed E-state index contributed by atoms with van der Waals surface area (Å²) < 4.78 is 25.5. The number of fused-ring (bicyclic) bond motifs is 1. The number of hydrogen-bond donors (Lipinski definition) is 0. The van der Waals surface area contributed by atoms with Crippen LogP contribution in [0.1, 0.15) is 47.8 Å². The van der Waals surface area contributed by atoms with Crippen LogP contribution in [0, 0.1) is 6.92 Å². The second-order valence-corrected chi connectivity index (χ2v) is 10.2. The van der Waals surface area contributed by atoms with Gasteiger partial charge in [-0.15, -0.1) is 0 Å². The minimum absolute atomic E-state index is 0.0505. The van der Waals surface area contributed by atoms with Crippen molar-refractivity contribution in [3.05, 3.63) is 53.0 Å². The van der Waals surface area contributed by atoms with Gasteiger partial charge in [-0.1, -0.05) is 30.3 Å². The number of piperidine rings is 1. The molecule has 1 saturated heterocycles. The molecule has 0 saturated carbocycles. The van der Waals surface area contributed by atoms with Gasteiger partial charge < -0.3 is 0 Å². The first-order valence-corrected chi connectivity index (χ1v) is 12.3. The Morgan fingerprint density at radius 3 is 2.63 bits per heavy atom.